The van der Waals surface area contributed by atoms with E-state index in [4.69, 9.17) is 33.6 Å². The van der Waals surface area contributed by atoms with Crippen LogP contribution in [0.2, 0.25) is 0 Å². The van der Waals surface area contributed by atoms with E-state index in [1.165, 1.54) is 0 Å². The van der Waals surface area contributed by atoms with Gasteiger partial charge in [-0.1, -0.05) is 61.8 Å². The Morgan fingerprint density at radius 1 is 0.692 bits per heavy atom. The standard InChI is InChI=1S/C18H33NO6.C13H25NO4.C2HF3O2.CH4.ClH/c1-7-8-11-23-14(20)10-9-12-24-16(21)15(13(2)3)19-17(22)25-18(4,5)6;1-4-5-8-17-11(15)7-6-9-18-13(16)12(14)10(2)3;3-2(4,5)1(6)7;;/h13,15H,7-12H2,1-6H3,(H,19,22);10,12H,4-9,14H2,1-3H3;(H,6,7);1H4;1H/p-1/t15-;12-;;;/m00.../s1. The van der Waals surface area contributed by atoms with Crippen molar-refractivity contribution in [2.75, 3.05) is 26.4 Å². The second kappa shape index (κ2) is 32.3. The summed E-state index contributed by atoms with van der Waals surface area (Å²) in [5.74, 6) is -4.36. The molecule has 0 saturated heterocycles. The summed E-state index contributed by atoms with van der Waals surface area (Å²) in [6.45, 7) is 18.0. The third-order valence-corrected chi connectivity index (χ3v) is 5.99. The van der Waals surface area contributed by atoms with E-state index >= 15 is 0 Å². The summed E-state index contributed by atoms with van der Waals surface area (Å²) in [6.07, 6.45) is -0.788. The van der Waals surface area contributed by atoms with Crippen LogP contribution in [0.3, 0.4) is 0 Å². The number of amides is 1. The number of nitrogens with one attached hydrogen (secondary N) is 1. The second-order valence-corrected chi connectivity index (χ2v) is 12.7. The minimum Gasteiger partial charge on any atom is -1.00 e. The Morgan fingerprint density at radius 2 is 1.06 bits per heavy atom. The maximum Gasteiger partial charge on any atom is 0.430 e. The Morgan fingerprint density at radius 3 is 1.37 bits per heavy atom. The Bertz CT molecular complexity index is 1010. The number of carboxylic acid groups (broad SMARTS) is 1. The van der Waals surface area contributed by atoms with Gasteiger partial charge in [0.25, 0.3) is 0 Å². The van der Waals surface area contributed by atoms with Crippen LogP contribution >= 0.6 is 0 Å². The molecule has 14 nitrogen and oxygen atoms in total. The minimum absolute atomic E-state index is 0. The molecule has 0 spiro atoms. The van der Waals surface area contributed by atoms with Crippen LogP contribution in [0.15, 0.2) is 0 Å². The molecule has 0 aliphatic rings. The first kappa shape index (κ1) is 58.0. The number of carboxylic acids is 1. The molecule has 0 radical (unpaired) electrons. The second-order valence-electron chi connectivity index (χ2n) is 12.7. The predicted molar refractivity (Wildman–Crippen MR) is 179 cm³/mol. The maximum atomic E-state index is 12.1. The number of rotatable bonds is 19. The summed E-state index contributed by atoms with van der Waals surface area (Å²) < 4.78 is 56.9. The average Bonchev–Trinajstić information content (AvgIpc) is 2.99. The van der Waals surface area contributed by atoms with Gasteiger partial charge in [-0.05, 0) is 52.4 Å². The summed E-state index contributed by atoms with van der Waals surface area (Å²) in [4.78, 5) is 66.9. The molecule has 310 valence electrons. The van der Waals surface area contributed by atoms with Gasteiger partial charge < -0.3 is 57.0 Å². The predicted octanol–water partition coefficient (Wildman–Crippen LogP) is 1.06. The topological polar surface area (TPSA) is 211 Å². The van der Waals surface area contributed by atoms with E-state index in [1.807, 2.05) is 27.7 Å². The molecular formula is C34H63ClF3N2O12-. The number of quaternary nitrogens is 1. The summed E-state index contributed by atoms with van der Waals surface area (Å²) >= 11 is 0. The van der Waals surface area contributed by atoms with Gasteiger partial charge in [0.15, 0.2) is 6.04 Å². The molecule has 18 heteroatoms. The van der Waals surface area contributed by atoms with E-state index in [0.717, 1.165) is 25.7 Å². The van der Waals surface area contributed by atoms with Gasteiger partial charge in [-0.3, -0.25) is 9.59 Å². The molecule has 1 amide bonds. The fourth-order valence-electron chi connectivity index (χ4n) is 2.98. The van der Waals surface area contributed by atoms with Gasteiger partial charge in [-0.15, -0.1) is 0 Å². The minimum atomic E-state index is -5.19. The van der Waals surface area contributed by atoms with Crippen LogP contribution in [-0.4, -0.2) is 86.2 Å². The monoisotopic (exact) mass is 783 g/mol. The third kappa shape index (κ3) is 36.5. The number of hydrogen-bond donors (Lipinski definition) is 2. The Kier molecular flexibility index (Phi) is 36.0. The van der Waals surface area contributed by atoms with Crippen molar-refractivity contribution in [3.05, 3.63) is 0 Å². The average molecular weight is 784 g/mol. The van der Waals surface area contributed by atoms with Gasteiger partial charge in [0.05, 0.1) is 26.4 Å². The molecule has 0 unspecified atom stereocenters. The normalized spacial score (nSPS) is 11.8. The summed E-state index contributed by atoms with van der Waals surface area (Å²) in [7, 11) is 0. The Balaban J connectivity index is -0.000000238. The van der Waals surface area contributed by atoms with Gasteiger partial charge in [0.1, 0.15) is 17.6 Å². The van der Waals surface area contributed by atoms with Crippen LogP contribution in [-0.2, 0) is 47.7 Å². The highest BCUT2D eigenvalue weighted by molar-refractivity contribution is 5.81. The van der Waals surface area contributed by atoms with Crippen molar-refractivity contribution in [2.45, 2.75) is 145 Å². The largest absolute Gasteiger partial charge is 1.00 e. The maximum absolute atomic E-state index is 12.1. The van der Waals surface area contributed by atoms with Crippen molar-refractivity contribution < 1.29 is 88.9 Å². The highest BCUT2D eigenvalue weighted by Gasteiger charge is 2.29. The lowest BCUT2D eigenvalue weighted by atomic mass is 10.1. The molecule has 2 atom stereocenters. The molecule has 52 heavy (non-hydrogen) atoms. The smallest absolute Gasteiger partial charge is 0.430 e. The Hall–Kier alpha value is -3.34. The highest BCUT2D eigenvalue weighted by atomic mass is 35.5. The quantitative estimate of drug-likeness (QED) is 0.107. The van der Waals surface area contributed by atoms with E-state index in [0.29, 0.717) is 32.5 Å². The molecule has 0 rings (SSSR count). The molecule has 0 heterocycles. The molecule has 4 N–H and O–H groups in total. The lowest BCUT2D eigenvalue weighted by Gasteiger charge is -2.24. The van der Waals surface area contributed by atoms with Crippen molar-refractivity contribution in [1.29, 1.82) is 0 Å². The van der Waals surface area contributed by atoms with Crippen LogP contribution in [0, 0.1) is 11.8 Å². The number of ether oxygens (including phenoxy) is 5. The van der Waals surface area contributed by atoms with E-state index < -0.39 is 35.9 Å². The number of alkyl halides is 3. The van der Waals surface area contributed by atoms with Gasteiger partial charge in [-0.25, -0.2) is 14.4 Å². The molecule has 0 fully saturated rings. The van der Waals surface area contributed by atoms with Gasteiger partial charge >= 0.3 is 36.1 Å². The number of esters is 4. The molecule has 0 saturated carbocycles. The lowest BCUT2D eigenvalue weighted by Crippen LogP contribution is -3.00. The van der Waals surface area contributed by atoms with Crippen LogP contribution in [0.1, 0.15) is 121 Å². The molecule has 0 aliphatic carbocycles. The molecular weight excluding hydrogens is 721 g/mol. The fourth-order valence-corrected chi connectivity index (χ4v) is 2.98. The molecule has 0 aliphatic heterocycles. The first-order valence-electron chi connectivity index (χ1n) is 16.7. The first-order chi connectivity index (χ1) is 23.0. The zero-order valence-electron chi connectivity index (χ0n) is 31.4. The summed E-state index contributed by atoms with van der Waals surface area (Å²) in [6, 6.07) is -1.15. The van der Waals surface area contributed by atoms with Crippen molar-refractivity contribution in [2.24, 2.45) is 11.8 Å². The van der Waals surface area contributed by atoms with Crippen molar-refractivity contribution in [3.8, 4) is 0 Å². The number of alkyl carbamates (subject to hydrolysis) is 1. The number of halogens is 4. The van der Waals surface area contributed by atoms with Crippen LogP contribution in [0.5, 0.6) is 0 Å². The molecule has 0 aromatic heterocycles. The van der Waals surface area contributed by atoms with E-state index in [2.05, 4.69) is 11.1 Å². The van der Waals surface area contributed by atoms with Crippen LogP contribution in [0.4, 0.5) is 18.0 Å². The van der Waals surface area contributed by atoms with Crippen LogP contribution < -0.4 is 28.6 Å². The third-order valence-electron chi connectivity index (χ3n) is 5.99. The fraction of sp³-hybridized carbons (Fsp3) is 0.824. The first-order valence-corrected chi connectivity index (χ1v) is 16.7. The van der Waals surface area contributed by atoms with Crippen molar-refractivity contribution >= 4 is 35.9 Å². The zero-order valence-corrected chi connectivity index (χ0v) is 32.2. The van der Waals surface area contributed by atoms with E-state index in [9.17, 15) is 37.1 Å². The van der Waals surface area contributed by atoms with Crippen LogP contribution in [0.25, 0.3) is 0 Å². The van der Waals surface area contributed by atoms with Crippen molar-refractivity contribution in [1.82, 2.24) is 5.32 Å². The molecule has 0 aromatic rings. The van der Waals surface area contributed by atoms with Gasteiger partial charge in [0.2, 0.25) is 0 Å². The highest BCUT2D eigenvalue weighted by Crippen LogP contribution is 2.12. The van der Waals surface area contributed by atoms with E-state index in [-0.39, 0.29) is 75.3 Å². The molecule has 0 aromatic carbocycles. The number of aliphatic carboxylic acids is 1. The SMILES string of the molecule is C.CCCCOC(=O)CCCOC(=O)[C@@H](NC(=O)OC(C)(C)C)C(C)C.CCCCOC(=O)CCCOC(=O)[C@@H]([NH3+])C(C)C.O=C([O-])C(F)(F)F.[Cl-]. The number of carbonyl (C=O) groups is 6. The van der Waals surface area contributed by atoms with Gasteiger partial charge in [-0.2, -0.15) is 13.2 Å². The van der Waals surface area contributed by atoms with E-state index in [1.54, 1.807) is 34.6 Å². The summed E-state index contributed by atoms with van der Waals surface area (Å²) in [5.41, 5.74) is 3.09. The summed E-state index contributed by atoms with van der Waals surface area (Å²) in [5, 5.41) is 11.3. The number of carbonyl (C=O) groups excluding carboxylic acids is 6. The molecule has 0 bridgehead atoms. The van der Waals surface area contributed by atoms with Gasteiger partial charge in [0, 0.05) is 18.8 Å². The lowest BCUT2D eigenvalue weighted by molar-refractivity contribution is -0.418. The zero-order chi connectivity index (χ0) is 39.5. The number of hydrogen-bond acceptors (Lipinski definition) is 12. The number of unbranched alkanes of at least 4 members (excludes halogenated alkanes) is 2. The Labute approximate surface area is 313 Å². The van der Waals surface area contributed by atoms with Crippen molar-refractivity contribution in [3.63, 3.8) is 0 Å².